The zero-order valence-corrected chi connectivity index (χ0v) is 11.1. The van der Waals surface area contributed by atoms with Crippen LogP contribution in [0.25, 0.3) is 0 Å². The Balaban J connectivity index is 2.89. The van der Waals surface area contributed by atoms with Crippen LogP contribution < -0.4 is 0 Å². The summed E-state index contributed by atoms with van der Waals surface area (Å²) in [7, 11) is 0. The lowest BCUT2D eigenvalue weighted by molar-refractivity contribution is 0.590. The van der Waals surface area contributed by atoms with Gasteiger partial charge in [0.1, 0.15) is 0 Å². The number of benzene rings is 1. The van der Waals surface area contributed by atoms with E-state index in [0.717, 1.165) is 6.42 Å². The standard InChI is InChI=1S/C13H19Br/c1-5-12(14)10-6-8-11(9-7-10)13(2,3)4/h6-9,12H,5H2,1-4H3. The van der Waals surface area contributed by atoms with Gasteiger partial charge in [0, 0.05) is 4.83 Å². The van der Waals surface area contributed by atoms with E-state index in [1.807, 2.05) is 0 Å². The Hall–Kier alpha value is -0.300. The Labute approximate surface area is 95.9 Å². The average molecular weight is 255 g/mol. The van der Waals surface area contributed by atoms with Crippen molar-refractivity contribution < 1.29 is 0 Å². The summed E-state index contributed by atoms with van der Waals surface area (Å²) < 4.78 is 0. The first-order chi connectivity index (χ1) is 6.45. The van der Waals surface area contributed by atoms with E-state index < -0.39 is 0 Å². The van der Waals surface area contributed by atoms with Gasteiger partial charge in [0.2, 0.25) is 0 Å². The van der Waals surface area contributed by atoms with Gasteiger partial charge in [0.15, 0.2) is 0 Å². The lowest BCUT2D eigenvalue weighted by Crippen LogP contribution is -2.10. The highest BCUT2D eigenvalue weighted by Crippen LogP contribution is 2.28. The number of rotatable bonds is 2. The molecule has 1 heteroatoms. The molecular weight excluding hydrogens is 236 g/mol. The largest absolute Gasteiger partial charge is 0.0839 e. The Bertz CT molecular complexity index is 279. The minimum absolute atomic E-state index is 0.257. The third-order valence-corrected chi connectivity index (χ3v) is 3.67. The van der Waals surface area contributed by atoms with Gasteiger partial charge in [0.05, 0.1) is 0 Å². The van der Waals surface area contributed by atoms with E-state index in [-0.39, 0.29) is 5.41 Å². The molecule has 0 amide bonds. The maximum Gasteiger partial charge on any atom is 0.0392 e. The molecular formula is C13H19Br. The second-order valence-electron chi connectivity index (χ2n) is 4.75. The van der Waals surface area contributed by atoms with Crippen molar-refractivity contribution in [3.05, 3.63) is 35.4 Å². The van der Waals surface area contributed by atoms with E-state index in [0.29, 0.717) is 4.83 Å². The highest BCUT2D eigenvalue weighted by molar-refractivity contribution is 9.09. The topological polar surface area (TPSA) is 0 Å². The van der Waals surface area contributed by atoms with Crippen LogP contribution in [-0.4, -0.2) is 0 Å². The van der Waals surface area contributed by atoms with Crippen LogP contribution >= 0.6 is 15.9 Å². The number of hydrogen-bond donors (Lipinski definition) is 0. The molecule has 14 heavy (non-hydrogen) atoms. The van der Waals surface area contributed by atoms with Crippen LogP contribution in [0.5, 0.6) is 0 Å². The molecule has 0 aromatic heterocycles. The molecule has 1 atom stereocenters. The second kappa shape index (κ2) is 4.48. The van der Waals surface area contributed by atoms with Gasteiger partial charge in [0.25, 0.3) is 0 Å². The minimum atomic E-state index is 0.257. The van der Waals surface area contributed by atoms with Crippen molar-refractivity contribution in [3.8, 4) is 0 Å². The van der Waals surface area contributed by atoms with Crippen molar-refractivity contribution in [1.29, 1.82) is 0 Å². The van der Waals surface area contributed by atoms with Crippen LogP contribution in [0, 0.1) is 0 Å². The SMILES string of the molecule is CCC(Br)c1ccc(C(C)(C)C)cc1. The summed E-state index contributed by atoms with van der Waals surface area (Å²) in [5.41, 5.74) is 3.03. The van der Waals surface area contributed by atoms with Crippen molar-refractivity contribution >= 4 is 15.9 Å². The Kier molecular flexibility index (Phi) is 3.77. The predicted octanol–water partition coefficient (Wildman–Crippen LogP) is 4.83. The van der Waals surface area contributed by atoms with Crippen LogP contribution in [0.2, 0.25) is 0 Å². The first kappa shape index (κ1) is 11.8. The zero-order valence-electron chi connectivity index (χ0n) is 9.47. The van der Waals surface area contributed by atoms with Crippen LogP contribution in [-0.2, 0) is 5.41 Å². The number of alkyl halides is 1. The first-order valence-corrected chi connectivity index (χ1v) is 6.11. The molecule has 1 rings (SSSR count). The van der Waals surface area contributed by atoms with E-state index in [2.05, 4.69) is 67.9 Å². The first-order valence-electron chi connectivity index (χ1n) is 5.19. The van der Waals surface area contributed by atoms with Crippen molar-refractivity contribution in [2.75, 3.05) is 0 Å². The van der Waals surface area contributed by atoms with Crippen molar-refractivity contribution in [2.45, 2.75) is 44.4 Å². The van der Waals surface area contributed by atoms with Gasteiger partial charge in [-0.05, 0) is 23.0 Å². The van der Waals surface area contributed by atoms with Gasteiger partial charge in [-0.1, -0.05) is 67.9 Å². The molecule has 0 spiro atoms. The quantitative estimate of drug-likeness (QED) is 0.664. The lowest BCUT2D eigenvalue weighted by Gasteiger charge is -2.19. The molecule has 1 aromatic carbocycles. The summed E-state index contributed by atoms with van der Waals surface area (Å²) in [6.45, 7) is 8.92. The maximum atomic E-state index is 3.66. The van der Waals surface area contributed by atoms with Crippen LogP contribution in [0.15, 0.2) is 24.3 Å². The summed E-state index contributed by atoms with van der Waals surface area (Å²) in [5, 5.41) is 0. The molecule has 0 N–H and O–H groups in total. The van der Waals surface area contributed by atoms with E-state index in [4.69, 9.17) is 0 Å². The fourth-order valence-electron chi connectivity index (χ4n) is 1.43. The zero-order chi connectivity index (χ0) is 10.8. The molecule has 0 aliphatic heterocycles. The molecule has 0 saturated carbocycles. The Morgan fingerprint density at radius 3 is 2.00 bits per heavy atom. The van der Waals surface area contributed by atoms with Crippen LogP contribution in [0.4, 0.5) is 0 Å². The van der Waals surface area contributed by atoms with Gasteiger partial charge in [-0.2, -0.15) is 0 Å². The van der Waals surface area contributed by atoms with Gasteiger partial charge in [-0.25, -0.2) is 0 Å². The van der Waals surface area contributed by atoms with Gasteiger partial charge in [-0.3, -0.25) is 0 Å². The summed E-state index contributed by atoms with van der Waals surface area (Å²) in [5.74, 6) is 0. The van der Waals surface area contributed by atoms with E-state index in [9.17, 15) is 0 Å². The van der Waals surface area contributed by atoms with Gasteiger partial charge < -0.3 is 0 Å². The fourth-order valence-corrected chi connectivity index (χ4v) is 1.73. The van der Waals surface area contributed by atoms with E-state index in [1.54, 1.807) is 0 Å². The molecule has 0 heterocycles. The third kappa shape index (κ3) is 2.84. The predicted molar refractivity (Wildman–Crippen MR) is 67.1 cm³/mol. The van der Waals surface area contributed by atoms with E-state index in [1.165, 1.54) is 11.1 Å². The fraction of sp³-hybridized carbons (Fsp3) is 0.538. The monoisotopic (exact) mass is 254 g/mol. The van der Waals surface area contributed by atoms with Gasteiger partial charge >= 0.3 is 0 Å². The highest BCUT2D eigenvalue weighted by Gasteiger charge is 2.13. The van der Waals surface area contributed by atoms with Crippen LogP contribution in [0.3, 0.4) is 0 Å². The molecule has 0 nitrogen and oxygen atoms in total. The summed E-state index contributed by atoms with van der Waals surface area (Å²) in [6.07, 6.45) is 1.13. The molecule has 78 valence electrons. The normalized spacial score (nSPS) is 14.1. The molecule has 0 aliphatic rings. The summed E-state index contributed by atoms with van der Waals surface area (Å²) in [4.78, 5) is 0.497. The molecule has 1 unspecified atom stereocenters. The van der Waals surface area contributed by atoms with Gasteiger partial charge in [-0.15, -0.1) is 0 Å². The summed E-state index contributed by atoms with van der Waals surface area (Å²) in [6, 6.07) is 8.92. The molecule has 0 radical (unpaired) electrons. The maximum absolute atomic E-state index is 3.66. The molecule has 0 bridgehead atoms. The molecule has 0 aliphatic carbocycles. The minimum Gasteiger partial charge on any atom is -0.0839 e. The number of halogens is 1. The Morgan fingerprint density at radius 1 is 1.14 bits per heavy atom. The molecule has 0 saturated heterocycles. The second-order valence-corrected chi connectivity index (χ2v) is 5.85. The third-order valence-electron chi connectivity index (χ3n) is 2.50. The van der Waals surface area contributed by atoms with Crippen molar-refractivity contribution in [1.82, 2.24) is 0 Å². The summed E-state index contributed by atoms with van der Waals surface area (Å²) >= 11 is 3.66. The molecule has 0 fully saturated rings. The number of hydrogen-bond acceptors (Lipinski definition) is 0. The molecule has 1 aromatic rings. The average Bonchev–Trinajstić information content (AvgIpc) is 2.15. The smallest absolute Gasteiger partial charge is 0.0392 e. The van der Waals surface area contributed by atoms with E-state index >= 15 is 0 Å². The lowest BCUT2D eigenvalue weighted by atomic mass is 9.86. The van der Waals surface area contributed by atoms with Crippen molar-refractivity contribution in [2.24, 2.45) is 0 Å². The van der Waals surface area contributed by atoms with Crippen molar-refractivity contribution in [3.63, 3.8) is 0 Å². The van der Waals surface area contributed by atoms with Crippen LogP contribution in [0.1, 0.15) is 50.1 Å². The Morgan fingerprint density at radius 2 is 1.64 bits per heavy atom. The highest BCUT2D eigenvalue weighted by atomic mass is 79.9.